The Morgan fingerprint density at radius 3 is 1.50 bits per heavy atom. The molecule has 78 heavy (non-hydrogen) atoms. The normalized spacial score (nSPS) is 14.8. The number of fused-ring (bicyclic) bond motifs is 16. The van der Waals surface area contributed by atoms with E-state index in [4.69, 9.17) is 18.9 Å². The van der Waals surface area contributed by atoms with Crippen molar-refractivity contribution in [2.75, 3.05) is 10.2 Å². The number of thiophene rings is 2. The van der Waals surface area contributed by atoms with Gasteiger partial charge in [-0.15, -0.1) is 22.7 Å². The fourth-order valence-electron chi connectivity index (χ4n) is 13.8. The summed E-state index contributed by atoms with van der Waals surface area (Å²) in [5.41, 5.74) is 20.8. The Hall–Kier alpha value is -7.33. The van der Waals surface area contributed by atoms with Gasteiger partial charge in [-0.3, -0.25) is 0 Å². The molecule has 0 radical (unpaired) electrons. The summed E-state index contributed by atoms with van der Waals surface area (Å²) in [7, 11) is 0. The maximum absolute atomic E-state index is 7.48. The first-order chi connectivity index (χ1) is 37.2. The van der Waals surface area contributed by atoms with Crippen molar-refractivity contribution in [3.8, 4) is 46.0 Å². The average molecular weight is 1050 g/mol. The van der Waals surface area contributed by atoms with E-state index in [1.165, 1.54) is 79.9 Å². The maximum atomic E-state index is 7.48. The van der Waals surface area contributed by atoms with Gasteiger partial charge in [0.15, 0.2) is 0 Å². The van der Waals surface area contributed by atoms with Crippen molar-refractivity contribution in [2.24, 2.45) is 0 Å². The molecule has 11 heteroatoms. The predicted molar refractivity (Wildman–Crippen MR) is 332 cm³/mol. The molecule has 0 unspecified atom stereocenters. The second kappa shape index (κ2) is 15.5. The summed E-state index contributed by atoms with van der Waals surface area (Å²) in [4.78, 5) is 2.58. The third-order valence-electron chi connectivity index (χ3n) is 17.6. The van der Waals surface area contributed by atoms with Gasteiger partial charge in [0.2, 0.25) is 0 Å². The van der Waals surface area contributed by atoms with E-state index in [0.717, 1.165) is 95.9 Å². The first kappa shape index (κ1) is 46.7. The second-order valence-electron chi connectivity index (χ2n) is 25.9. The molecule has 0 saturated heterocycles. The van der Waals surface area contributed by atoms with Gasteiger partial charge in [-0.1, -0.05) is 116 Å². The first-order valence-corrected chi connectivity index (χ1v) is 29.2. The summed E-state index contributed by atoms with van der Waals surface area (Å²) >= 11 is 3.70. The van der Waals surface area contributed by atoms with Crippen LogP contribution >= 0.6 is 22.7 Å². The molecule has 0 fully saturated rings. The van der Waals surface area contributed by atoms with Crippen molar-refractivity contribution in [1.29, 1.82) is 0 Å². The quantitative estimate of drug-likeness (QED) is 0.165. The topological polar surface area (TPSA) is 52.2 Å². The molecule has 8 aromatic carbocycles. The minimum absolute atomic E-state index is 0.0649. The van der Waals surface area contributed by atoms with Crippen molar-refractivity contribution < 1.29 is 18.9 Å². The Balaban J connectivity index is 0.993. The van der Waals surface area contributed by atoms with Gasteiger partial charge in [-0.05, 0) is 164 Å². The highest BCUT2D eigenvalue weighted by Gasteiger charge is 2.50. The smallest absolute Gasteiger partial charge is 0.273 e. The van der Waals surface area contributed by atoms with Crippen LogP contribution in [0.2, 0.25) is 0 Å². The lowest BCUT2D eigenvalue weighted by Crippen LogP contribution is -2.64. The molecule has 6 aliphatic rings. The van der Waals surface area contributed by atoms with Crippen molar-refractivity contribution in [3.63, 3.8) is 0 Å². The number of anilines is 5. The summed E-state index contributed by atoms with van der Waals surface area (Å²) in [6.45, 7) is 27.0. The van der Waals surface area contributed by atoms with E-state index in [9.17, 15) is 0 Å². The van der Waals surface area contributed by atoms with Crippen LogP contribution < -0.4 is 77.0 Å². The van der Waals surface area contributed by atoms with E-state index in [1.54, 1.807) is 0 Å². The van der Waals surface area contributed by atoms with E-state index in [0.29, 0.717) is 0 Å². The molecule has 2 aromatic heterocycles. The van der Waals surface area contributed by atoms with Gasteiger partial charge in [-0.2, -0.15) is 0 Å². The van der Waals surface area contributed by atoms with Crippen LogP contribution in [0.15, 0.2) is 121 Å². The van der Waals surface area contributed by atoms with E-state index in [2.05, 4.69) is 215 Å². The molecule has 16 rings (SSSR count). The second-order valence-corrected chi connectivity index (χ2v) is 28.1. The van der Waals surface area contributed by atoms with Crippen LogP contribution in [0.5, 0.6) is 46.0 Å². The summed E-state index contributed by atoms with van der Waals surface area (Å²) in [6, 6.07) is 45.8. The van der Waals surface area contributed by atoms with Gasteiger partial charge in [0.05, 0.1) is 5.69 Å². The number of rotatable bonds is 1. The van der Waals surface area contributed by atoms with Gasteiger partial charge in [-0.25, -0.2) is 0 Å². The molecule has 380 valence electrons. The third-order valence-corrected chi connectivity index (χ3v) is 20.0. The first-order valence-electron chi connectivity index (χ1n) is 27.6. The lowest BCUT2D eigenvalue weighted by molar-refractivity contribution is 0.453. The summed E-state index contributed by atoms with van der Waals surface area (Å²) in [6.07, 6.45) is 0. The molecule has 0 bridgehead atoms. The van der Waals surface area contributed by atoms with Crippen molar-refractivity contribution >= 4 is 139 Å². The van der Waals surface area contributed by atoms with Crippen molar-refractivity contribution in [3.05, 3.63) is 155 Å². The largest absolute Gasteiger partial charge is 0.458 e. The number of benzene rings is 8. The lowest BCUT2D eigenvalue weighted by Gasteiger charge is -2.44. The van der Waals surface area contributed by atoms with Crippen LogP contribution in [0.4, 0.5) is 28.4 Å². The number of nitrogens with one attached hydrogen (secondary N) is 1. The SMILES string of the molecule is Cc1cc(C)c(N2c3cc4c(cc3B3c5cc6c(cc5Oc5cc(C(C)(C)C)cc2c53)Oc2cc(C(C)(C)C)cc3c2B6c2sc5ccccc5c2O3)B2c3sc5ccccc5c3Oc3cc(C(C)(C)C)cc(c32)N4)c(C)c1. The van der Waals surface area contributed by atoms with Gasteiger partial charge in [0.1, 0.15) is 46.0 Å². The maximum Gasteiger partial charge on any atom is 0.273 e. The van der Waals surface area contributed by atoms with Crippen molar-refractivity contribution in [2.45, 2.75) is 99.3 Å². The predicted octanol–water partition coefficient (Wildman–Crippen LogP) is 12.7. The van der Waals surface area contributed by atoms with Crippen LogP contribution in [0.1, 0.15) is 95.7 Å². The Morgan fingerprint density at radius 1 is 0.423 bits per heavy atom. The highest BCUT2D eigenvalue weighted by atomic mass is 32.1. The zero-order valence-electron chi connectivity index (χ0n) is 46.2. The van der Waals surface area contributed by atoms with Crippen LogP contribution in [-0.4, -0.2) is 20.1 Å². The Labute approximate surface area is 465 Å². The minimum atomic E-state index is -0.197. The van der Waals surface area contributed by atoms with Gasteiger partial charge < -0.3 is 29.2 Å². The van der Waals surface area contributed by atoms with E-state index in [1.807, 2.05) is 22.7 Å². The molecule has 1 N–H and O–H groups in total. The van der Waals surface area contributed by atoms with E-state index in [-0.39, 0.29) is 36.4 Å². The van der Waals surface area contributed by atoms with E-state index >= 15 is 0 Å². The zero-order valence-corrected chi connectivity index (χ0v) is 47.8. The third kappa shape index (κ3) is 6.46. The van der Waals surface area contributed by atoms with Gasteiger partial charge in [0, 0.05) is 64.0 Å². The van der Waals surface area contributed by atoms with E-state index < -0.39 is 0 Å². The highest BCUT2D eigenvalue weighted by molar-refractivity contribution is 7.34. The molecule has 10 aromatic rings. The molecule has 0 saturated carbocycles. The molecule has 6 nitrogen and oxygen atoms in total. The monoisotopic (exact) mass is 1050 g/mol. The number of nitrogens with zero attached hydrogens (tertiary/aromatic N) is 1. The molecule has 0 aliphatic carbocycles. The molecular weight excluding hydrogens is 993 g/mol. The molecular formula is C67H57B3N2O4S2. The molecule has 8 heterocycles. The van der Waals surface area contributed by atoms with Crippen LogP contribution in [-0.2, 0) is 16.2 Å². The highest BCUT2D eigenvalue weighted by Crippen LogP contribution is 2.50. The number of ether oxygens (including phenoxy) is 4. The molecule has 0 atom stereocenters. The summed E-state index contributed by atoms with van der Waals surface area (Å²) < 4.78 is 33.8. The van der Waals surface area contributed by atoms with Crippen LogP contribution in [0.25, 0.3) is 20.2 Å². The Kier molecular flexibility index (Phi) is 9.28. The summed E-state index contributed by atoms with van der Waals surface area (Å²) in [5.74, 6) is 7.09. The lowest BCUT2D eigenvalue weighted by atomic mass is 9.30. The number of hydrogen-bond donors (Lipinski definition) is 1. The Morgan fingerprint density at radius 2 is 0.910 bits per heavy atom. The number of hydrogen-bond acceptors (Lipinski definition) is 8. The fraction of sp³-hybridized carbons (Fsp3) is 0.224. The Bertz CT molecular complexity index is 4380. The molecule has 6 aliphatic heterocycles. The molecule has 0 spiro atoms. The fourth-order valence-corrected chi connectivity index (χ4v) is 16.3. The van der Waals surface area contributed by atoms with Crippen LogP contribution in [0.3, 0.4) is 0 Å². The summed E-state index contributed by atoms with van der Waals surface area (Å²) in [5, 5.41) is 6.41. The average Bonchev–Trinajstić information content (AvgIpc) is 4.11. The standard InChI is InChI=1S/C67H57B3N2O4S2/c1-33-21-34(2)60(35(3)22-33)72-47-31-45-41(69-57-46(71-45)23-36(65(4,5)6)25-51(57)75-61-39-17-13-15-19-55(39)77-63(61)69)29-42(47)68-43-30-44-50(32-49(43)73-52-26-37(66(7,8)9)24-48(72)58(52)68)74-53-27-38(67(10,11)12)28-54-59(53)70(44)64-62(76-54)40-18-14-16-20-56(40)78-64/h13-32,71H,1-12H3. The number of aryl methyl sites for hydroxylation is 3. The van der Waals surface area contributed by atoms with Gasteiger partial charge >= 0.3 is 0 Å². The minimum Gasteiger partial charge on any atom is -0.458 e. The van der Waals surface area contributed by atoms with Crippen molar-refractivity contribution in [1.82, 2.24) is 0 Å². The zero-order chi connectivity index (χ0) is 53.4. The molecule has 0 amide bonds. The van der Waals surface area contributed by atoms with Gasteiger partial charge in [0.25, 0.3) is 20.1 Å². The van der Waals surface area contributed by atoms with Crippen LogP contribution in [0, 0.1) is 20.8 Å².